The van der Waals surface area contributed by atoms with Crippen molar-refractivity contribution < 1.29 is 9.53 Å². The number of esters is 1. The number of carbonyl (C=O) groups is 1. The van der Waals surface area contributed by atoms with Crippen LogP contribution in [0.4, 0.5) is 11.4 Å². The fraction of sp³-hybridized carbons (Fsp3) is 0.0455. The number of para-hydroxylation sites is 2. The van der Waals surface area contributed by atoms with Gasteiger partial charge in [-0.1, -0.05) is 48.5 Å². The van der Waals surface area contributed by atoms with Gasteiger partial charge in [-0.3, -0.25) is 0 Å². The largest absolute Gasteiger partial charge is 0.440 e. The Morgan fingerprint density at radius 1 is 0.815 bits per heavy atom. The summed E-state index contributed by atoms with van der Waals surface area (Å²) in [5, 5.41) is 0.962. The zero-order valence-corrected chi connectivity index (χ0v) is 14.4. The van der Waals surface area contributed by atoms with E-state index in [-0.39, 0.29) is 5.97 Å². The van der Waals surface area contributed by atoms with Crippen LogP contribution in [0.2, 0.25) is 0 Å². The van der Waals surface area contributed by atoms with Crippen molar-refractivity contribution in [1.29, 1.82) is 0 Å². The fourth-order valence-corrected chi connectivity index (χ4v) is 4.02. The predicted octanol–water partition coefficient (Wildman–Crippen LogP) is 3.79. The van der Waals surface area contributed by atoms with Crippen molar-refractivity contribution in [2.75, 3.05) is 11.5 Å². The molecule has 1 aliphatic heterocycles. The van der Waals surface area contributed by atoms with Crippen LogP contribution in [0.25, 0.3) is 10.9 Å². The molecule has 0 bridgehead atoms. The van der Waals surface area contributed by atoms with Crippen molar-refractivity contribution in [3.8, 4) is 0 Å². The molecule has 0 amide bonds. The van der Waals surface area contributed by atoms with Gasteiger partial charge in [-0.15, -0.1) is 0 Å². The number of hydrogen-bond acceptors (Lipinski definition) is 4. The molecule has 5 heteroatoms. The predicted molar refractivity (Wildman–Crippen MR) is 105 cm³/mol. The molecule has 5 nitrogen and oxygen atoms in total. The second-order valence-electron chi connectivity index (χ2n) is 6.67. The molecule has 132 valence electrons. The van der Waals surface area contributed by atoms with Gasteiger partial charge < -0.3 is 21.2 Å². The van der Waals surface area contributed by atoms with Crippen LogP contribution in [0.1, 0.15) is 27.0 Å². The van der Waals surface area contributed by atoms with Gasteiger partial charge in [0.25, 0.3) is 0 Å². The molecule has 0 fully saturated rings. The van der Waals surface area contributed by atoms with Gasteiger partial charge in [0.2, 0.25) is 0 Å². The second kappa shape index (κ2) is 5.38. The lowest BCUT2D eigenvalue weighted by atomic mass is 9.79. The van der Waals surface area contributed by atoms with Crippen LogP contribution in [0, 0.1) is 0 Å². The fourth-order valence-electron chi connectivity index (χ4n) is 4.02. The Kier molecular flexibility index (Phi) is 3.09. The van der Waals surface area contributed by atoms with Gasteiger partial charge in [-0.05, 0) is 18.2 Å². The third kappa shape index (κ3) is 1.96. The minimum atomic E-state index is -1.16. The highest BCUT2D eigenvalue weighted by atomic mass is 16.6. The number of hydrogen-bond donors (Lipinski definition) is 3. The van der Waals surface area contributed by atoms with E-state index in [2.05, 4.69) is 4.98 Å². The lowest BCUT2D eigenvalue weighted by Crippen LogP contribution is -2.30. The highest BCUT2D eigenvalue weighted by Gasteiger charge is 2.50. The van der Waals surface area contributed by atoms with Gasteiger partial charge in [-0.2, -0.15) is 0 Å². The van der Waals surface area contributed by atoms with Crippen LogP contribution >= 0.6 is 0 Å². The van der Waals surface area contributed by atoms with Gasteiger partial charge >= 0.3 is 5.97 Å². The van der Waals surface area contributed by atoms with Crippen LogP contribution in [-0.2, 0) is 10.3 Å². The summed E-state index contributed by atoms with van der Waals surface area (Å²) in [6.45, 7) is 0. The minimum absolute atomic E-state index is 0.377. The summed E-state index contributed by atoms with van der Waals surface area (Å²) in [4.78, 5) is 16.1. The Morgan fingerprint density at radius 2 is 1.56 bits per heavy atom. The normalized spacial score (nSPS) is 18.4. The summed E-state index contributed by atoms with van der Waals surface area (Å²) < 4.78 is 6.10. The van der Waals surface area contributed by atoms with E-state index in [4.69, 9.17) is 16.2 Å². The first-order chi connectivity index (χ1) is 13.1. The van der Waals surface area contributed by atoms with Crippen molar-refractivity contribution in [3.05, 3.63) is 95.2 Å². The molecule has 4 aromatic rings. The highest BCUT2D eigenvalue weighted by molar-refractivity contribution is 5.99. The Labute approximate surface area is 155 Å². The van der Waals surface area contributed by atoms with Gasteiger partial charge in [0, 0.05) is 33.8 Å². The van der Waals surface area contributed by atoms with E-state index in [1.165, 1.54) is 0 Å². The van der Waals surface area contributed by atoms with E-state index in [1.54, 1.807) is 12.1 Å². The first-order valence-electron chi connectivity index (χ1n) is 8.67. The smallest absolute Gasteiger partial charge is 0.340 e. The van der Waals surface area contributed by atoms with Gasteiger partial charge in [0.1, 0.15) is 0 Å². The zero-order valence-electron chi connectivity index (χ0n) is 14.4. The molecular weight excluding hydrogens is 338 g/mol. The molecular formula is C22H17N3O2. The van der Waals surface area contributed by atoms with E-state index in [0.717, 1.165) is 22.0 Å². The summed E-state index contributed by atoms with van der Waals surface area (Å²) in [5.74, 6) is -0.377. The minimum Gasteiger partial charge on any atom is -0.440 e. The number of nitrogens with two attached hydrogens (primary N) is 2. The van der Waals surface area contributed by atoms with E-state index in [0.29, 0.717) is 22.5 Å². The van der Waals surface area contributed by atoms with Crippen molar-refractivity contribution >= 4 is 28.2 Å². The molecule has 5 rings (SSSR count). The second-order valence-corrected chi connectivity index (χ2v) is 6.67. The van der Waals surface area contributed by atoms with Crippen molar-refractivity contribution in [3.63, 3.8) is 0 Å². The van der Waals surface area contributed by atoms with E-state index in [9.17, 15) is 4.79 Å². The Morgan fingerprint density at radius 3 is 2.44 bits per heavy atom. The summed E-state index contributed by atoms with van der Waals surface area (Å²) in [5.41, 5.74) is 15.9. The quantitative estimate of drug-likeness (QED) is 0.377. The molecule has 5 N–H and O–H groups in total. The number of rotatable bonds is 2. The van der Waals surface area contributed by atoms with Gasteiger partial charge in [0.15, 0.2) is 5.60 Å². The number of aromatic nitrogens is 1. The molecule has 0 saturated carbocycles. The SMILES string of the molecule is Nc1cccc(C2(c3c[nH]c4ccccc34)OC(=O)c3ccccc32)c1N. The zero-order chi connectivity index (χ0) is 18.6. The van der Waals surface area contributed by atoms with Crippen LogP contribution < -0.4 is 11.5 Å². The number of nitrogens with one attached hydrogen (secondary N) is 1. The van der Waals surface area contributed by atoms with Crippen LogP contribution in [-0.4, -0.2) is 11.0 Å². The first kappa shape index (κ1) is 15.5. The molecule has 0 aliphatic carbocycles. The molecule has 0 spiro atoms. The average molecular weight is 355 g/mol. The molecule has 27 heavy (non-hydrogen) atoms. The molecule has 3 aromatic carbocycles. The summed E-state index contributed by atoms with van der Waals surface area (Å²) in [6.07, 6.45) is 1.88. The summed E-state index contributed by atoms with van der Waals surface area (Å²) in [6, 6.07) is 20.7. The molecule has 1 aromatic heterocycles. The summed E-state index contributed by atoms with van der Waals surface area (Å²) in [7, 11) is 0. The lowest BCUT2D eigenvalue weighted by molar-refractivity contribution is 0.0258. The van der Waals surface area contributed by atoms with E-state index >= 15 is 0 Å². The van der Waals surface area contributed by atoms with Crippen molar-refractivity contribution in [2.24, 2.45) is 0 Å². The molecule has 0 saturated heterocycles. The standard InChI is InChI=1S/C22H17N3O2/c23-18-10-5-9-16(20(18)24)22(15-8-3-1-7-14(15)21(26)27-22)17-12-25-19-11-4-2-6-13(17)19/h1-12,25H,23-24H2. The van der Waals surface area contributed by atoms with Gasteiger partial charge in [-0.25, -0.2) is 4.79 Å². The number of aromatic amines is 1. The van der Waals surface area contributed by atoms with E-state index < -0.39 is 5.60 Å². The van der Waals surface area contributed by atoms with Crippen LogP contribution in [0.15, 0.2) is 72.9 Å². The number of benzene rings is 3. The third-order valence-electron chi connectivity index (χ3n) is 5.26. The van der Waals surface area contributed by atoms with E-state index in [1.807, 2.05) is 60.8 Å². The van der Waals surface area contributed by atoms with Crippen molar-refractivity contribution in [1.82, 2.24) is 4.98 Å². The third-order valence-corrected chi connectivity index (χ3v) is 5.26. The summed E-state index contributed by atoms with van der Waals surface area (Å²) >= 11 is 0. The van der Waals surface area contributed by atoms with Crippen LogP contribution in [0.5, 0.6) is 0 Å². The molecule has 1 aliphatic rings. The van der Waals surface area contributed by atoms with Gasteiger partial charge in [0.05, 0.1) is 16.9 Å². The van der Waals surface area contributed by atoms with Crippen LogP contribution in [0.3, 0.4) is 0 Å². The monoisotopic (exact) mass is 355 g/mol. The number of ether oxygens (including phenoxy) is 1. The Balaban J connectivity index is 1.94. The Bertz CT molecular complexity index is 1210. The maximum Gasteiger partial charge on any atom is 0.340 e. The average Bonchev–Trinajstić information content (AvgIpc) is 3.24. The molecule has 1 unspecified atom stereocenters. The number of carbonyl (C=O) groups excluding carboxylic acids is 1. The maximum absolute atomic E-state index is 12.8. The van der Waals surface area contributed by atoms with Crippen molar-refractivity contribution in [2.45, 2.75) is 5.60 Å². The number of H-pyrrole nitrogens is 1. The molecule has 1 atom stereocenters. The maximum atomic E-state index is 12.8. The first-order valence-corrected chi connectivity index (χ1v) is 8.67. The molecule has 0 radical (unpaired) electrons. The molecule has 2 heterocycles. The Hall–Kier alpha value is -3.73. The topological polar surface area (TPSA) is 94.1 Å². The number of nitrogen functional groups attached to an aromatic ring is 2. The number of cyclic esters (lactones) is 1. The lowest BCUT2D eigenvalue weighted by Gasteiger charge is -2.31. The highest BCUT2D eigenvalue weighted by Crippen LogP contribution is 2.51. The number of anilines is 2. The number of fused-ring (bicyclic) bond motifs is 2.